The lowest BCUT2D eigenvalue weighted by molar-refractivity contribution is -0.144. The number of benzene rings is 2. The van der Waals surface area contributed by atoms with Crippen LogP contribution in [-0.2, 0) is 17.6 Å². The first-order chi connectivity index (χ1) is 13.4. The molecule has 0 bridgehead atoms. The van der Waals surface area contributed by atoms with Crippen LogP contribution in [-0.4, -0.2) is 17.2 Å². The van der Waals surface area contributed by atoms with E-state index in [4.69, 9.17) is 19.0 Å². The van der Waals surface area contributed by atoms with Crippen molar-refractivity contribution in [3.05, 3.63) is 64.0 Å². The molecular formula is C22H22O6. The molecule has 0 saturated heterocycles. The van der Waals surface area contributed by atoms with Crippen LogP contribution < -0.4 is 14.9 Å². The van der Waals surface area contributed by atoms with Crippen molar-refractivity contribution in [2.24, 2.45) is 0 Å². The van der Waals surface area contributed by atoms with Crippen molar-refractivity contribution in [3.8, 4) is 17.2 Å². The van der Waals surface area contributed by atoms with Crippen LogP contribution in [0.5, 0.6) is 17.2 Å². The van der Waals surface area contributed by atoms with E-state index in [0.717, 1.165) is 6.42 Å². The van der Waals surface area contributed by atoms with Gasteiger partial charge in [-0.1, -0.05) is 26.0 Å². The zero-order valence-corrected chi connectivity index (χ0v) is 16.0. The molecule has 0 radical (unpaired) electrons. The molecular weight excluding hydrogens is 360 g/mol. The van der Waals surface area contributed by atoms with Gasteiger partial charge in [-0.2, -0.15) is 0 Å². The fourth-order valence-corrected chi connectivity index (χ4v) is 2.78. The molecule has 0 fully saturated rings. The summed E-state index contributed by atoms with van der Waals surface area (Å²) in [5, 5.41) is 9.32. The van der Waals surface area contributed by atoms with Gasteiger partial charge < -0.3 is 19.0 Å². The van der Waals surface area contributed by atoms with E-state index in [1.807, 2.05) is 31.2 Å². The number of carbonyl (C=O) groups is 1. The largest absolute Gasteiger partial charge is 0.479 e. The maximum atomic E-state index is 13.0. The van der Waals surface area contributed by atoms with Gasteiger partial charge in [0.2, 0.25) is 11.2 Å². The maximum Gasteiger partial charge on any atom is 0.344 e. The maximum absolute atomic E-state index is 13.0. The van der Waals surface area contributed by atoms with Gasteiger partial charge in [-0.25, -0.2) is 4.79 Å². The van der Waals surface area contributed by atoms with E-state index in [-0.39, 0.29) is 11.2 Å². The van der Waals surface area contributed by atoms with Crippen molar-refractivity contribution >= 4 is 16.9 Å². The molecule has 3 rings (SSSR count). The Bertz CT molecular complexity index is 1050. The molecule has 0 aliphatic rings. The van der Waals surface area contributed by atoms with E-state index >= 15 is 0 Å². The highest BCUT2D eigenvalue weighted by atomic mass is 16.5. The lowest BCUT2D eigenvalue weighted by atomic mass is 10.1. The third-order valence-corrected chi connectivity index (χ3v) is 4.42. The van der Waals surface area contributed by atoms with E-state index < -0.39 is 12.1 Å². The van der Waals surface area contributed by atoms with Crippen LogP contribution in [0.15, 0.2) is 51.7 Å². The summed E-state index contributed by atoms with van der Waals surface area (Å²) in [4.78, 5) is 23.9. The highest BCUT2D eigenvalue weighted by Gasteiger charge is 2.18. The number of rotatable bonds is 7. The van der Waals surface area contributed by atoms with Crippen LogP contribution in [0.3, 0.4) is 0 Å². The van der Waals surface area contributed by atoms with Crippen molar-refractivity contribution in [2.75, 3.05) is 0 Å². The molecule has 3 aromatic rings. The summed E-state index contributed by atoms with van der Waals surface area (Å²) < 4.78 is 17.1. The van der Waals surface area contributed by atoms with Crippen LogP contribution >= 0.6 is 0 Å². The summed E-state index contributed by atoms with van der Waals surface area (Å²) in [6.45, 7) is 5.36. The van der Waals surface area contributed by atoms with Crippen molar-refractivity contribution in [3.63, 3.8) is 0 Å². The summed E-state index contributed by atoms with van der Waals surface area (Å²) >= 11 is 0. The van der Waals surface area contributed by atoms with Gasteiger partial charge in [-0.05, 0) is 43.2 Å². The Morgan fingerprint density at radius 3 is 2.36 bits per heavy atom. The van der Waals surface area contributed by atoms with Gasteiger partial charge in [-0.3, -0.25) is 4.79 Å². The molecule has 28 heavy (non-hydrogen) atoms. The Morgan fingerprint density at radius 1 is 1.07 bits per heavy atom. The number of aliphatic carboxylic acids is 1. The third kappa shape index (κ3) is 4.01. The van der Waals surface area contributed by atoms with Crippen molar-refractivity contribution in [1.82, 2.24) is 0 Å². The number of ether oxygens (including phenoxy) is 2. The highest BCUT2D eigenvalue weighted by molar-refractivity contribution is 5.80. The zero-order chi connectivity index (χ0) is 20.3. The van der Waals surface area contributed by atoms with Gasteiger partial charge in [-0.15, -0.1) is 0 Å². The Balaban J connectivity index is 2.00. The van der Waals surface area contributed by atoms with Crippen molar-refractivity contribution in [2.45, 2.75) is 39.7 Å². The lowest BCUT2D eigenvalue weighted by Crippen LogP contribution is -2.22. The second-order valence-electron chi connectivity index (χ2n) is 6.39. The van der Waals surface area contributed by atoms with Crippen LogP contribution in [0, 0.1) is 0 Å². The number of hydrogen-bond acceptors (Lipinski definition) is 5. The quantitative estimate of drug-likeness (QED) is 0.645. The lowest BCUT2D eigenvalue weighted by Gasteiger charge is -2.13. The van der Waals surface area contributed by atoms with Gasteiger partial charge >= 0.3 is 5.97 Å². The molecule has 0 saturated carbocycles. The molecule has 1 heterocycles. The molecule has 6 heteroatoms. The number of aryl methyl sites for hydroxylation is 2. The van der Waals surface area contributed by atoms with Gasteiger partial charge in [0.05, 0.1) is 5.39 Å². The van der Waals surface area contributed by atoms with E-state index in [2.05, 4.69) is 6.92 Å². The average Bonchev–Trinajstić information content (AvgIpc) is 2.70. The molecule has 1 atom stereocenters. The fraction of sp³-hybridized carbons (Fsp3) is 0.273. The molecule has 2 aromatic carbocycles. The van der Waals surface area contributed by atoms with Crippen LogP contribution in [0.4, 0.5) is 0 Å². The topological polar surface area (TPSA) is 86.0 Å². The SMILES string of the molecule is CCc1ccc(Oc2c(CC)oc3cc(OC(C)C(=O)O)ccc3c2=O)cc1. The third-order valence-electron chi connectivity index (χ3n) is 4.42. The molecule has 146 valence electrons. The highest BCUT2D eigenvalue weighted by Crippen LogP contribution is 2.28. The zero-order valence-electron chi connectivity index (χ0n) is 16.0. The average molecular weight is 382 g/mol. The Kier molecular flexibility index (Phi) is 5.68. The molecule has 0 aliphatic heterocycles. The summed E-state index contributed by atoms with van der Waals surface area (Å²) in [6.07, 6.45) is 0.372. The minimum Gasteiger partial charge on any atom is -0.479 e. The molecule has 1 N–H and O–H groups in total. The smallest absolute Gasteiger partial charge is 0.344 e. The molecule has 0 aliphatic carbocycles. The molecule has 1 unspecified atom stereocenters. The van der Waals surface area contributed by atoms with Gasteiger partial charge in [0, 0.05) is 12.5 Å². The minimum atomic E-state index is -1.08. The van der Waals surface area contributed by atoms with Crippen LogP contribution in [0.1, 0.15) is 32.1 Å². The van der Waals surface area contributed by atoms with Gasteiger partial charge in [0.15, 0.2) is 11.9 Å². The first-order valence-electron chi connectivity index (χ1n) is 9.18. The predicted molar refractivity (Wildman–Crippen MR) is 105 cm³/mol. The Morgan fingerprint density at radius 2 is 1.75 bits per heavy atom. The van der Waals surface area contributed by atoms with E-state index in [1.165, 1.54) is 18.6 Å². The first kappa shape index (κ1) is 19.5. The van der Waals surface area contributed by atoms with Gasteiger partial charge in [0.25, 0.3) is 0 Å². The first-order valence-corrected chi connectivity index (χ1v) is 9.18. The summed E-state index contributed by atoms with van der Waals surface area (Å²) in [5.74, 6) is 0.381. The second-order valence-corrected chi connectivity index (χ2v) is 6.39. The number of carboxylic acid groups (broad SMARTS) is 1. The van der Waals surface area contributed by atoms with Crippen LogP contribution in [0.2, 0.25) is 0 Å². The number of carboxylic acids is 1. The fourth-order valence-electron chi connectivity index (χ4n) is 2.78. The Hall–Kier alpha value is -3.28. The van der Waals surface area contributed by atoms with E-state index in [9.17, 15) is 9.59 Å². The minimum absolute atomic E-state index is 0.159. The molecule has 1 aromatic heterocycles. The molecule has 0 spiro atoms. The van der Waals surface area contributed by atoms with E-state index in [1.54, 1.807) is 12.1 Å². The van der Waals surface area contributed by atoms with E-state index in [0.29, 0.717) is 34.6 Å². The number of fused-ring (bicyclic) bond motifs is 1. The molecule has 6 nitrogen and oxygen atoms in total. The van der Waals surface area contributed by atoms with Gasteiger partial charge in [0.1, 0.15) is 17.1 Å². The summed E-state index contributed by atoms with van der Waals surface area (Å²) in [5.41, 5.74) is 1.22. The standard InChI is InChI=1S/C22H22O6/c1-4-14-6-8-15(9-7-14)27-21-18(5-2)28-19-12-16(26-13(3)22(24)25)10-11-17(19)20(21)23/h6-13H,4-5H2,1-3H3,(H,24,25). The monoisotopic (exact) mass is 382 g/mol. The summed E-state index contributed by atoms with van der Waals surface area (Å²) in [7, 11) is 0. The van der Waals surface area contributed by atoms with Crippen molar-refractivity contribution < 1.29 is 23.8 Å². The number of hydrogen-bond donors (Lipinski definition) is 1. The van der Waals surface area contributed by atoms with Crippen molar-refractivity contribution in [1.29, 1.82) is 0 Å². The Labute approximate surface area is 162 Å². The second kappa shape index (κ2) is 8.17. The summed E-state index contributed by atoms with van der Waals surface area (Å²) in [6, 6.07) is 12.2. The van der Waals surface area contributed by atoms with Crippen LogP contribution in [0.25, 0.3) is 11.0 Å². The predicted octanol–water partition coefficient (Wildman–Crippen LogP) is 4.56. The normalized spacial score (nSPS) is 12.0. The molecule has 0 amide bonds.